The topological polar surface area (TPSA) is 70.9 Å². The molecule has 0 bridgehead atoms. The number of nitrogens with one attached hydrogen (secondary N) is 1. The summed E-state index contributed by atoms with van der Waals surface area (Å²) in [5, 5.41) is 12.9. The number of aliphatic hydroxyl groups excluding tert-OH is 1. The number of hydrogen-bond acceptors (Lipinski definition) is 5. The highest BCUT2D eigenvalue weighted by atomic mass is 16.3. The monoisotopic (exact) mass is 244 g/mol. The second kappa shape index (κ2) is 4.49. The van der Waals surface area contributed by atoms with Crippen molar-refractivity contribution >= 4 is 17.0 Å². The van der Waals surface area contributed by atoms with Crippen LogP contribution in [0.1, 0.15) is 25.7 Å². The molecule has 5 nitrogen and oxygen atoms in total. The van der Waals surface area contributed by atoms with Gasteiger partial charge in [-0.1, -0.05) is 12.8 Å². The van der Waals surface area contributed by atoms with Crippen molar-refractivity contribution in [2.24, 2.45) is 0 Å². The Kier molecular flexibility index (Phi) is 2.83. The van der Waals surface area contributed by atoms with Gasteiger partial charge in [-0.15, -0.1) is 0 Å². The molecule has 2 aromatic heterocycles. The van der Waals surface area contributed by atoms with Crippen LogP contribution in [0.25, 0.3) is 11.2 Å². The Balaban J connectivity index is 1.90. The van der Waals surface area contributed by atoms with Crippen LogP contribution in [0.5, 0.6) is 0 Å². The molecule has 1 aliphatic carbocycles. The third-order valence-corrected chi connectivity index (χ3v) is 3.59. The molecule has 1 fully saturated rings. The van der Waals surface area contributed by atoms with E-state index in [1.807, 2.05) is 12.1 Å². The summed E-state index contributed by atoms with van der Waals surface area (Å²) in [7, 11) is 0. The van der Waals surface area contributed by atoms with Crippen molar-refractivity contribution in [1.82, 2.24) is 15.0 Å². The molecule has 0 radical (unpaired) electrons. The first-order valence-corrected chi connectivity index (χ1v) is 6.28. The van der Waals surface area contributed by atoms with Gasteiger partial charge in [-0.2, -0.15) is 0 Å². The number of pyridine rings is 1. The fraction of sp³-hybridized carbons (Fsp3) is 0.462. The Morgan fingerprint density at radius 1 is 1.17 bits per heavy atom. The van der Waals surface area contributed by atoms with E-state index in [4.69, 9.17) is 0 Å². The lowest BCUT2D eigenvalue weighted by Gasteiger charge is -2.28. The number of hydrogen-bond donors (Lipinski definition) is 2. The zero-order valence-corrected chi connectivity index (χ0v) is 10.1. The van der Waals surface area contributed by atoms with Crippen LogP contribution in [-0.4, -0.2) is 32.2 Å². The molecule has 1 aliphatic rings. The van der Waals surface area contributed by atoms with E-state index in [9.17, 15) is 5.11 Å². The predicted octanol–water partition coefficient (Wildman–Crippen LogP) is 1.74. The minimum atomic E-state index is -0.205. The van der Waals surface area contributed by atoms with Crippen molar-refractivity contribution in [3.63, 3.8) is 0 Å². The second-order valence-corrected chi connectivity index (χ2v) is 4.87. The van der Waals surface area contributed by atoms with Gasteiger partial charge in [0.05, 0.1) is 12.1 Å². The van der Waals surface area contributed by atoms with Gasteiger partial charge in [0.25, 0.3) is 0 Å². The van der Waals surface area contributed by atoms with Crippen LogP contribution in [0.2, 0.25) is 0 Å². The Hall–Kier alpha value is -1.75. The van der Waals surface area contributed by atoms with Gasteiger partial charge < -0.3 is 10.4 Å². The zero-order chi connectivity index (χ0) is 12.4. The van der Waals surface area contributed by atoms with Crippen molar-refractivity contribution in [1.29, 1.82) is 0 Å². The average Bonchev–Trinajstić information content (AvgIpc) is 2.88. The van der Waals surface area contributed by atoms with Gasteiger partial charge in [-0.05, 0) is 25.0 Å². The summed E-state index contributed by atoms with van der Waals surface area (Å²) >= 11 is 0. The van der Waals surface area contributed by atoms with E-state index >= 15 is 0 Å². The fourth-order valence-corrected chi connectivity index (χ4v) is 2.57. The van der Waals surface area contributed by atoms with E-state index in [0.29, 0.717) is 5.65 Å². The standard InChI is InChI=1S/C13H16N4O/c18-9-13(5-1-2-6-13)17-11-4-3-10-12(16-11)15-8-7-14-10/h3-4,7-8,18H,1-2,5-6,9H2,(H,15,16,17). The molecule has 0 aliphatic heterocycles. The lowest BCUT2D eigenvalue weighted by atomic mass is 9.99. The maximum atomic E-state index is 9.57. The maximum absolute atomic E-state index is 9.57. The fourth-order valence-electron chi connectivity index (χ4n) is 2.57. The molecule has 0 saturated heterocycles. The Morgan fingerprint density at radius 3 is 2.72 bits per heavy atom. The van der Waals surface area contributed by atoms with Crippen LogP contribution in [0.15, 0.2) is 24.5 Å². The van der Waals surface area contributed by atoms with E-state index in [2.05, 4.69) is 20.3 Å². The van der Waals surface area contributed by atoms with Crippen molar-refractivity contribution in [3.05, 3.63) is 24.5 Å². The molecule has 18 heavy (non-hydrogen) atoms. The Morgan fingerprint density at radius 2 is 1.94 bits per heavy atom. The van der Waals surface area contributed by atoms with Crippen molar-refractivity contribution in [3.8, 4) is 0 Å². The lowest BCUT2D eigenvalue weighted by Crippen LogP contribution is -2.39. The van der Waals surface area contributed by atoms with Gasteiger partial charge in [0.1, 0.15) is 11.3 Å². The van der Waals surface area contributed by atoms with Gasteiger partial charge >= 0.3 is 0 Å². The van der Waals surface area contributed by atoms with Crippen LogP contribution >= 0.6 is 0 Å². The number of anilines is 1. The molecule has 0 unspecified atom stereocenters. The minimum absolute atomic E-state index is 0.146. The van der Waals surface area contributed by atoms with Crippen LogP contribution in [0.4, 0.5) is 5.82 Å². The molecule has 94 valence electrons. The highest BCUT2D eigenvalue weighted by Gasteiger charge is 2.33. The highest BCUT2D eigenvalue weighted by molar-refractivity contribution is 5.71. The Bertz CT molecular complexity index is 551. The number of fused-ring (bicyclic) bond motifs is 1. The van der Waals surface area contributed by atoms with Crippen LogP contribution in [0, 0.1) is 0 Å². The smallest absolute Gasteiger partial charge is 0.180 e. The zero-order valence-electron chi connectivity index (χ0n) is 10.1. The van der Waals surface area contributed by atoms with Gasteiger partial charge in [-0.3, -0.25) is 4.98 Å². The molecule has 3 rings (SSSR count). The number of nitrogens with zero attached hydrogens (tertiary/aromatic N) is 3. The van der Waals surface area contributed by atoms with Crippen molar-refractivity contribution in [2.45, 2.75) is 31.2 Å². The van der Waals surface area contributed by atoms with Crippen molar-refractivity contribution in [2.75, 3.05) is 11.9 Å². The highest BCUT2D eigenvalue weighted by Crippen LogP contribution is 2.32. The summed E-state index contributed by atoms with van der Waals surface area (Å²) in [4.78, 5) is 12.8. The summed E-state index contributed by atoms with van der Waals surface area (Å²) in [5.74, 6) is 0.763. The number of aliphatic hydroxyl groups is 1. The first-order chi connectivity index (χ1) is 8.81. The first kappa shape index (κ1) is 11.3. The minimum Gasteiger partial charge on any atom is -0.394 e. The van der Waals surface area contributed by atoms with Crippen LogP contribution in [-0.2, 0) is 0 Å². The van der Waals surface area contributed by atoms with E-state index in [-0.39, 0.29) is 12.1 Å². The van der Waals surface area contributed by atoms with Gasteiger partial charge in [-0.25, -0.2) is 9.97 Å². The average molecular weight is 244 g/mol. The van der Waals surface area contributed by atoms with Gasteiger partial charge in [0.15, 0.2) is 5.65 Å². The SMILES string of the molecule is OCC1(Nc2ccc3nccnc3n2)CCCC1. The molecule has 0 spiro atoms. The Labute approximate surface area is 105 Å². The molecule has 1 saturated carbocycles. The maximum Gasteiger partial charge on any atom is 0.180 e. The summed E-state index contributed by atoms with van der Waals surface area (Å²) < 4.78 is 0. The molecule has 2 N–H and O–H groups in total. The van der Waals surface area contributed by atoms with Crippen molar-refractivity contribution < 1.29 is 5.11 Å². The molecule has 0 atom stereocenters. The van der Waals surface area contributed by atoms with Gasteiger partial charge in [0.2, 0.25) is 0 Å². The molecular formula is C13H16N4O. The van der Waals surface area contributed by atoms with E-state index < -0.39 is 0 Å². The molecular weight excluding hydrogens is 228 g/mol. The summed E-state index contributed by atoms with van der Waals surface area (Å²) in [6.07, 6.45) is 7.58. The third-order valence-electron chi connectivity index (χ3n) is 3.59. The largest absolute Gasteiger partial charge is 0.394 e. The van der Waals surface area contributed by atoms with Crippen LogP contribution in [0.3, 0.4) is 0 Å². The quantitative estimate of drug-likeness (QED) is 0.860. The lowest BCUT2D eigenvalue weighted by molar-refractivity contribution is 0.214. The van der Waals surface area contributed by atoms with Crippen LogP contribution < -0.4 is 5.32 Å². The molecule has 0 aromatic carbocycles. The second-order valence-electron chi connectivity index (χ2n) is 4.87. The van der Waals surface area contributed by atoms with Gasteiger partial charge in [0, 0.05) is 12.4 Å². The number of aromatic nitrogens is 3. The first-order valence-electron chi connectivity index (χ1n) is 6.28. The third kappa shape index (κ3) is 2.01. The van der Waals surface area contributed by atoms with E-state index in [1.165, 1.54) is 0 Å². The molecule has 2 heterocycles. The molecule has 0 amide bonds. The molecule has 2 aromatic rings. The van der Waals surface area contributed by atoms with E-state index in [0.717, 1.165) is 37.0 Å². The summed E-state index contributed by atoms with van der Waals surface area (Å²) in [6, 6.07) is 3.80. The van der Waals surface area contributed by atoms with E-state index in [1.54, 1.807) is 12.4 Å². The molecule has 5 heteroatoms. The normalized spacial score (nSPS) is 18.1. The summed E-state index contributed by atoms with van der Waals surface area (Å²) in [5.41, 5.74) is 1.21. The summed E-state index contributed by atoms with van der Waals surface area (Å²) in [6.45, 7) is 0.146. The number of rotatable bonds is 3. The predicted molar refractivity (Wildman–Crippen MR) is 69.2 cm³/mol.